The molecule has 1 unspecified atom stereocenters. The Morgan fingerprint density at radius 1 is 1.06 bits per heavy atom. The molecule has 0 radical (unpaired) electrons. The molecule has 11 heteroatoms. The first-order valence-corrected chi connectivity index (χ1v) is 18.4. The van der Waals surface area contributed by atoms with Crippen LogP contribution in [0.4, 0.5) is 17.1 Å². The number of unbranched alkanes of at least 4 members (excludes halogenated alkanes) is 1. The molecule has 3 heterocycles. The number of aliphatic hydroxyl groups is 3. The number of benzene rings is 3. The first kappa shape index (κ1) is 37.2. The molecule has 3 aliphatic rings. The van der Waals surface area contributed by atoms with Gasteiger partial charge in [0.2, 0.25) is 11.8 Å². The first-order valence-electron chi connectivity index (χ1n) is 18.4. The topological polar surface area (TPSA) is 143 Å². The van der Waals surface area contributed by atoms with Gasteiger partial charge in [-0.15, -0.1) is 0 Å². The monoisotopic (exact) mass is 710 g/mol. The van der Waals surface area contributed by atoms with E-state index in [9.17, 15) is 29.7 Å². The zero-order valence-corrected chi connectivity index (χ0v) is 30.0. The van der Waals surface area contributed by atoms with Crippen molar-refractivity contribution in [2.24, 2.45) is 5.92 Å². The van der Waals surface area contributed by atoms with Crippen LogP contribution in [-0.2, 0) is 33.0 Å². The molecule has 1 saturated heterocycles. The van der Waals surface area contributed by atoms with Crippen LogP contribution < -0.4 is 19.9 Å². The summed E-state index contributed by atoms with van der Waals surface area (Å²) in [6.45, 7) is 5.66. The molecular formula is C41H50N4O7. The molecule has 3 aliphatic heterocycles. The molecule has 0 bridgehead atoms. The van der Waals surface area contributed by atoms with Crippen molar-refractivity contribution in [3.63, 3.8) is 0 Å². The number of nitrogens with one attached hydrogen (secondary N) is 1. The van der Waals surface area contributed by atoms with E-state index in [0.29, 0.717) is 49.5 Å². The Hall–Kier alpha value is -4.55. The smallest absolute Gasteiger partial charge is 0.264 e. The van der Waals surface area contributed by atoms with Gasteiger partial charge in [0.1, 0.15) is 5.75 Å². The number of fused-ring (bicyclic) bond motifs is 2. The number of para-hydroxylation sites is 1. The lowest BCUT2D eigenvalue weighted by atomic mass is 9.83. The van der Waals surface area contributed by atoms with E-state index < -0.39 is 23.5 Å². The van der Waals surface area contributed by atoms with Crippen molar-refractivity contribution in [2.75, 3.05) is 42.7 Å². The van der Waals surface area contributed by atoms with Crippen LogP contribution in [-0.4, -0.2) is 82.9 Å². The van der Waals surface area contributed by atoms with Gasteiger partial charge in [0.25, 0.3) is 5.91 Å². The van der Waals surface area contributed by atoms with Gasteiger partial charge in [-0.25, -0.2) is 0 Å². The molecule has 4 atom stereocenters. The number of aliphatic hydroxyl groups excluding tert-OH is 2. The van der Waals surface area contributed by atoms with Gasteiger partial charge in [-0.05, 0) is 93.1 Å². The minimum atomic E-state index is -1.84. The van der Waals surface area contributed by atoms with Gasteiger partial charge in [-0.3, -0.25) is 19.3 Å². The van der Waals surface area contributed by atoms with Crippen LogP contribution in [0.3, 0.4) is 0 Å². The predicted molar refractivity (Wildman–Crippen MR) is 199 cm³/mol. The maximum absolute atomic E-state index is 14.2. The van der Waals surface area contributed by atoms with Crippen molar-refractivity contribution in [3.05, 3.63) is 95.6 Å². The maximum atomic E-state index is 14.2. The van der Waals surface area contributed by atoms with Crippen LogP contribution >= 0.6 is 0 Å². The maximum Gasteiger partial charge on any atom is 0.264 e. The Morgan fingerprint density at radius 3 is 2.67 bits per heavy atom. The summed E-state index contributed by atoms with van der Waals surface area (Å²) in [5.74, 6) is -0.536. The molecule has 0 aromatic heterocycles. The molecule has 1 fully saturated rings. The quantitative estimate of drug-likeness (QED) is 0.135. The van der Waals surface area contributed by atoms with Gasteiger partial charge in [0.15, 0.2) is 5.60 Å². The van der Waals surface area contributed by atoms with Crippen molar-refractivity contribution in [2.45, 2.75) is 76.6 Å². The summed E-state index contributed by atoms with van der Waals surface area (Å²) in [6, 6.07) is 19.9. The van der Waals surface area contributed by atoms with Crippen molar-refractivity contribution in [1.82, 2.24) is 10.2 Å². The zero-order valence-electron chi connectivity index (χ0n) is 30.0. The third-order valence-electron chi connectivity index (χ3n) is 10.5. The number of ether oxygens (including phenoxy) is 1. The largest absolute Gasteiger partial charge is 0.494 e. The van der Waals surface area contributed by atoms with E-state index in [1.54, 1.807) is 45.9 Å². The number of likely N-dealkylation sites (tertiary alicyclic amines) is 1. The molecular weight excluding hydrogens is 660 g/mol. The summed E-state index contributed by atoms with van der Waals surface area (Å²) < 4.78 is 5.78. The van der Waals surface area contributed by atoms with Crippen molar-refractivity contribution >= 4 is 34.8 Å². The summed E-state index contributed by atoms with van der Waals surface area (Å²) in [6.07, 6.45) is 7.10. The molecule has 3 amide bonds. The van der Waals surface area contributed by atoms with E-state index in [-0.39, 0.29) is 44.0 Å². The Balaban J connectivity index is 1.24. The molecule has 0 spiro atoms. The lowest BCUT2D eigenvalue weighted by molar-refractivity contribution is -0.139. The molecule has 0 aliphatic carbocycles. The molecule has 3 aromatic rings. The lowest BCUT2D eigenvalue weighted by Gasteiger charge is -2.35. The van der Waals surface area contributed by atoms with E-state index >= 15 is 0 Å². The van der Waals surface area contributed by atoms with Crippen LogP contribution in [0.2, 0.25) is 0 Å². The SMILES string of the molecule is CCOc1ccc2c(c1)CC(NCCCCO)C(=O)N2c1cccc(CN2C(=O)[C@](O)([C@H](C)/C=C/CC(=O)N3CCC[C@H]3CO)c3ccccc32)c1. The number of amides is 3. The molecule has 6 rings (SSSR count). The van der Waals surface area contributed by atoms with Gasteiger partial charge in [0, 0.05) is 36.7 Å². The highest BCUT2D eigenvalue weighted by Gasteiger charge is 2.52. The fraction of sp³-hybridized carbons (Fsp3) is 0.439. The van der Waals surface area contributed by atoms with E-state index in [0.717, 1.165) is 41.8 Å². The second-order valence-corrected chi connectivity index (χ2v) is 13.9. The number of anilines is 3. The van der Waals surface area contributed by atoms with E-state index in [4.69, 9.17) is 4.74 Å². The molecule has 276 valence electrons. The Bertz CT molecular complexity index is 1800. The molecule has 3 aromatic carbocycles. The predicted octanol–water partition coefficient (Wildman–Crippen LogP) is 4.34. The molecule has 4 N–H and O–H groups in total. The van der Waals surface area contributed by atoms with Gasteiger partial charge in [0.05, 0.1) is 43.2 Å². The van der Waals surface area contributed by atoms with Crippen LogP contribution in [0.25, 0.3) is 0 Å². The number of carbonyl (C=O) groups excluding carboxylic acids is 3. The average Bonchev–Trinajstić information content (AvgIpc) is 3.72. The summed E-state index contributed by atoms with van der Waals surface area (Å²) in [7, 11) is 0. The van der Waals surface area contributed by atoms with Gasteiger partial charge >= 0.3 is 0 Å². The average molecular weight is 711 g/mol. The van der Waals surface area contributed by atoms with Crippen LogP contribution in [0, 0.1) is 5.92 Å². The third-order valence-corrected chi connectivity index (χ3v) is 10.5. The van der Waals surface area contributed by atoms with Gasteiger partial charge < -0.3 is 35.2 Å². The molecule has 0 saturated carbocycles. The fourth-order valence-corrected chi connectivity index (χ4v) is 7.74. The number of nitrogens with zero attached hydrogens (tertiary/aromatic N) is 3. The number of carbonyl (C=O) groups is 3. The minimum Gasteiger partial charge on any atom is -0.494 e. The number of hydrogen-bond acceptors (Lipinski definition) is 8. The number of rotatable bonds is 15. The highest BCUT2D eigenvalue weighted by atomic mass is 16.5. The second kappa shape index (κ2) is 16.4. The zero-order chi connectivity index (χ0) is 36.8. The number of hydrogen-bond donors (Lipinski definition) is 4. The van der Waals surface area contributed by atoms with Crippen LogP contribution in [0.15, 0.2) is 78.9 Å². The highest BCUT2D eigenvalue weighted by Crippen LogP contribution is 2.46. The van der Waals surface area contributed by atoms with Crippen molar-refractivity contribution in [3.8, 4) is 5.75 Å². The Labute approximate surface area is 305 Å². The highest BCUT2D eigenvalue weighted by molar-refractivity contribution is 6.08. The molecule has 11 nitrogen and oxygen atoms in total. The summed E-state index contributed by atoms with van der Waals surface area (Å²) >= 11 is 0. The minimum absolute atomic E-state index is 0.0591. The van der Waals surface area contributed by atoms with Gasteiger partial charge in [-0.2, -0.15) is 0 Å². The Morgan fingerprint density at radius 2 is 1.88 bits per heavy atom. The van der Waals surface area contributed by atoms with Crippen LogP contribution in [0.5, 0.6) is 5.75 Å². The normalized spacial score (nSPS) is 21.9. The first-order chi connectivity index (χ1) is 25.2. The van der Waals surface area contributed by atoms with Crippen LogP contribution in [0.1, 0.15) is 62.6 Å². The summed E-state index contributed by atoms with van der Waals surface area (Å²) in [5, 5.41) is 34.4. The molecule has 52 heavy (non-hydrogen) atoms. The standard InChI is InChI=1S/C41H50N4O7/c1-3-52-33-18-19-36-30(24-33)25-35(42-20-6-7-22-46)39(49)45(36)31-13-9-12-29(23-31)26-44-37-16-5-4-15-34(37)41(51,40(44)50)28(2)11-8-17-38(48)43-21-10-14-32(43)27-47/h4-5,8-9,11-13,15-16,18-19,23-24,28,32,35,42,46-47,51H,3,6-7,10,14,17,20-22,25-27H2,1-2H3/b11-8+/t28-,32+,35?,41+/m1/s1. The Kier molecular flexibility index (Phi) is 11.7. The van der Waals surface area contributed by atoms with E-state index in [1.165, 1.54) is 0 Å². The van der Waals surface area contributed by atoms with E-state index in [2.05, 4.69) is 5.32 Å². The summed E-state index contributed by atoms with van der Waals surface area (Å²) in [5.41, 5.74) is 2.44. The summed E-state index contributed by atoms with van der Waals surface area (Å²) in [4.78, 5) is 46.2. The van der Waals surface area contributed by atoms with E-state index in [1.807, 2.05) is 61.5 Å². The van der Waals surface area contributed by atoms with Crippen molar-refractivity contribution in [1.29, 1.82) is 0 Å². The fourth-order valence-electron chi connectivity index (χ4n) is 7.74. The van der Waals surface area contributed by atoms with Gasteiger partial charge in [-0.1, -0.05) is 49.4 Å². The third kappa shape index (κ3) is 7.36. The second-order valence-electron chi connectivity index (χ2n) is 13.9. The lowest BCUT2D eigenvalue weighted by Crippen LogP contribution is -2.49. The van der Waals surface area contributed by atoms with Crippen molar-refractivity contribution < 1.29 is 34.4 Å².